The maximum absolute atomic E-state index is 5.61. The highest BCUT2D eigenvalue weighted by molar-refractivity contribution is 5.55. The number of benzene rings is 1. The summed E-state index contributed by atoms with van der Waals surface area (Å²) in [5.74, 6) is 0. The largest absolute Gasteiger partial charge is 0.366 e. The Labute approximate surface area is 111 Å². The zero-order chi connectivity index (χ0) is 13.1. The molecule has 0 saturated carbocycles. The van der Waals surface area contributed by atoms with E-state index in [1.807, 2.05) is 0 Å². The minimum absolute atomic E-state index is 0.586. The summed E-state index contributed by atoms with van der Waals surface area (Å²) in [5.41, 5.74) is 9.72. The molecule has 100 valence electrons. The van der Waals surface area contributed by atoms with Crippen LogP contribution < -0.4 is 10.6 Å². The van der Waals surface area contributed by atoms with Gasteiger partial charge in [-0.25, -0.2) is 0 Å². The molecule has 1 aliphatic rings. The fourth-order valence-electron chi connectivity index (χ4n) is 2.86. The van der Waals surface area contributed by atoms with E-state index in [0.717, 1.165) is 32.6 Å². The van der Waals surface area contributed by atoms with Crippen molar-refractivity contribution in [2.24, 2.45) is 5.73 Å². The molecule has 3 nitrogen and oxygen atoms in total. The molecule has 0 aliphatic carbocycles. The van der Waals surface area contributed by atoms with Gasteiger partial charge in [0.05, 0.1) is 0 Å². The van der Waals surface area contributed by atoms with Crippen molar-refractivity contribution in [2.45, 2.75) is 26.3 Å². The van der Waals surface area contributed by atoms with Crippen LogP contribution in [0.3, 0.4) is 0 Å². The smallest absolute Gasteiger partial charge is 0.0399 e. The molecule has 18 heavy (non-hydrogen) atoms. The molecule has 1 saturated heterocycles. The molecule has 1 atom stereocenters. The van der Waals surface area contributed by atoms with Crippen molar-refractivity contribution in [3.63, 3.8) is 0 Å². The van der Waals surface area contributed by atoms with Crippen LogP contribution in [0.5, 0.6) is 0 Å². The SMILES string of the molecule is Cc1cc(CCN)ccc1N1CCN(C)CC1C. The van der Waals surface area contributed by atoms with Crippen LogP contribution in [-0.2, 0) is 6.42 Å². The van der Waals surface area contributed by atoms with Gasteiger partial charge in [0.15, 0.2) is 0 Å². The second-order valence-corrected chi connectivity index (χ2v) is 5.46. The third-order valence-electron chi connectivity index (χ3n) is 3.83. The number of nitrogens with zero attached hydrogens (tertiary/aromatic N) is 2. The first-order valence-electron chi connectivity index (χ1n) is 6.86. The molecule has 3 heteroatoms. The van der Waals surface area contributed by atoms with Crippen LogP contribution in [0.1, 0.15) is 18.1 Å². The minimum Gasteiger partial charge on any atom is -0.366 e. The van der Waals surface area contributed by atoms with E-state index in [1.165, 1.54) is 16.8 Å². The second kappa shape index (κ2) is 5.72. The summed E-state index contributed by atoms with van der Waals surface area (Å²) in [6.45, 7) is 8.65. The lowest BCUT2D eigenvalue weighted by Gasteiger charge is -2.40. The zero-order valence-electron chi connectivity index (χ0n) is 11.8. The Kier molecular flexibility index (Phi) is 4.25. The van der Waals surface area contributed by atoms with Crippen LogP contribution in [0, 0.1) is 6.92 Å². The van der Waals surface area contributed by atoms with Gasteiger partial charge in [0.2, 0.25) is 0 Å². The van der Waals surface area contributed by atoms with E-state index in [4.69, 9.17) is 5.73 Å². The van der Waals surface area contributed by atoms with Gasteiger partial charge in [-0.15, -0.1) is 0 Å². The molecule has 0 amide bonds. The van der Waals surface area contributed by atoms with Gasteiger partial charge >= 0.3 is 0 Å². The molecular weight excluding hydrogens is 222 g/mol. The molecule has 1 unspecified atom stereocenters. The fourth-order valence-corrected chi connectivity index (χ4v) is 2.86. The molecule has 1 aromatic rings. The number of rotatable bonds is 3. The number of anilines is 1. The van der Waals surface area contributed by atoms with E-state index in [9.17, 15) is 0 Å². The van der Waals surface area contributed by atoms with E-state index in [1.54, 1.807) is 0 Å². The second-order valence-electron chi connectivity index (χ2n) is 5.46. The predicted octanol–water partition coefficient (Wildman–Crippen LogP) is 1.64. The van der Waals surface area contributed by atoms with Crippen molar-refractivity contribution in [1.29, 1.82) is 0 Å². The van der Waals surface area contributed by atoms with Crippen molar-refractivity contribution in [3.05, 3.63) is 29.3 Å². The predicted molar refractivity (Wildman–Crippen MR) is 78.2 cm³/mol. The van der Waals surface area contributed by atoms with Gasteiger partial charge in [0.1, 0.15) is 0 Å². The lowest BCUT2D eigenvalue weighted by Crippen LogP contribution is -2.50. The number of hydrogen-bond donors (Lipinski definition) is 1. The van der Waals surface area contributed by atoms with Crippen molar-refractivity contribution in [2.75, 3.05) is 38.1 Å². The Balaban J connectivity index is 2.17. The monoisotopic (exact) mass is 247 g/mol. The number of hydrogen-bond acceptors (Lipinski definition) is 3. The average molecular weight is 247 g/mol. The van der Waals surface area contributed by atoms with Gasteiger partial charge in [-0.3, -0.25) is 0 Å². The molecule has 0 bridgehead atoms. The molecule has 1 heterocycles. The summed E-state index contributed by atoms with van der Waals surface area (Å²) in [6, 6.07) is 7.36. The summed E-state index contributed by atoms with van der Waals surface area (Å²) in [6.07, 6.45) is 0.972. The highest BCUT2D eigenvalue weighted by Crippen LogP contribution is 2.25. The zero-order valence-corrected chi connectivity index (χ0v) is 11.8. The highest BCUT2D eigenvalue weighted by Gasteiger charge is 2.22. The van der Waals surface area contributed by atoms with Gasteiger partial charge in [-0.2, -0.15) is 0 Å². The number of piperazine rings is 1. The molecule has 1 fully saturated rings. The summed E-state index contributed by atoms with van der Waals surface area (Å²) in [4.78, 5) is 4.93. The lowest BCUT2D eigenvalue weighted by atomic mass is 10.0. The van der Waals surface area contributed by atoms with Gasteiger partial charge in [0.25, 0.3) is 0 Å². The number of aryl methyl sites for hydroxylation is 1. The quantitative estimate of drug-likeness (QED) is 0.881. The van der Waals surface area contributed by atoms with Crippen LogP contribution in [0.2, 0.25) is 0 Å². The molecule has 2 N–H and O–H groups in total. The topological polar surface area (TPSA) is 32.5 Å². The minimum atomic E-state index is 0.586. The fraction of sp³-hybridized carbons (Fsp3) is 0.600. The van der Waals surface area contributed by atoms with Crippen LogP contribution in [0.25, 0.3) is 0 Å². The average Bonchev–Trinajstić information content (AvgIpc) is 2.31. The van der Waals surface area contributed by atoms with Gasteiger partial charge in [-0.05, 0) is 51.1 Å². The first-order valence-corrected chi connectivity index (χ1v) is 6.86. The van der Waals surface area contributed by atoms with Crippen LogP contribution in [0.15, 0.2) is 18.2 Å². The Morgan fingerprint density at radius 2 is 2.11 bits per heavy atom. The summed E-state index contributed by atoms with van der Waals surface area (Å²) in [7, 11) is 2.20. The van der Waals surface area contributed by atoms with Crippen molar-refractivity contribution in [1.82, 2.24) is 4.90 Å². The van der Waals surface area contributed by atoms with E-state index in [0.29, 0.717) is 6.04 Å². The first-order chi connectivity index (χ1) is 8.61. The highest BCUT2D eigenvalue weighted by atomic mass is 15.3. The molecule has 0 aromatic heterocycles. The Hall–Kier alpha value is -1.06. The number of nitrogens with two attached hydrogens (primary N) is 1. The Bertz CT molecular complexity index is 403. The molecule has 1 aliphatic heterocycles. The molecule has 0 spiro atoms. The molecule has 1 aromatic carbocycles. The maximum atomic E-state index is 5.61. The normalized spacial score (nSPS) is 21.3. The van der Waals surface area contributed by atoms with Gasteiger partial charge in [0, 0.05) is 31.4 Å². The lowest BCUT2D eigenvalue weighted by molar-refractivity contribution is 0.275. The van der Waals surface area contributed by atoms with Crippen molar-refractivity contribution in [3.8, 4) is 0 Å². The molecule has 2 rings (SSSR count). The number of likely N-dealkylation sites (N-methyl/N-ethyl adjacent to an activating group) is 1. The summed E-state index contributed by atoms with van der Waals surface area (Å²) in [5, 5.41) is 0. The third kappa shape index (κ3) is 2.85. The van der Waals surface area contributed by atoms with Crippen molar-refractivity contribution < 1.29 is 0 Å². The van der Waals surface area contributed by atoms with Gasteiger partial charge in [-0.1, -0.05) is 12.1 Å². The summed E-state index contributed by atoms with van der Waals surface area (Å²) >= 11 is 0. The Morgan fingerprint density at radius 1 is 1.33 bits per heavy atom. The van der Waals surface area contributed by atoms with Crippen LogP contribution in [0.4, 0.5) is 5.69 Å². The maximum Gasteiger partial charge on any atom is 0.0399 e. The van der Waals surface area contributed by atoms with E-state index in [-0.39, 0.29) is 0 Å². The van der Waals surface area contributed by atoms with Crippen LogP contribution >= 0.6 is 0 Å². The standard InChI is InChI=1S/C15H25N3/c1-12-10-14(6-7-16)4-5-15(12)18-9-8-17(3)11-13(18)2/h4-5,10,13H,6-9,11,16H2,1-3H3. The first kappa shape index (κ1) is 13.4. The third-order valence-corrected chi connectivity index (χ3v) is 3.83. The van der Waals surface area contributed by atoms with Crippen LogP contribution in [-0.4, -0.2) is 44.2 Å². The van der Waals surface area contributed by atoms with E-state index >= 15 is 0 Å². The van der Waals surface area contributed by atoms with Crippen molar-refractivity contribution >= 4 is 5.69 Å². The van der Waals surface area contributed by atoms with E-state index < -0.39 is 0 Å². The Morgan fingerprint density at radius 3 is 2.72 bits per heavy atom. The molecular formula is C15H25N3. The summed E-state index contributed by atoms with van der Waals surface area (Å²) < 4.78 is 0. The van der Waals surface area contributed by atoms with E-state index in [2.05, 4.69) is 48.9 Å². The molecule has 0 radical (unpaired) electrons. The van der Waals surface area contributed by atoms with Gasteiger partial charge < -0.3 is 15.5 Å².